The molecule has 1 N–H and O–H groups in total. The highest BCUT2D eigenvalue weighted by molar-refractivity contribution is 9.10. The van der Waals surface area contributed by atoms with Crippen LogP contribution < -0.4 is 0 Å². The van der Waals surface area contributed by atoms with Gasteiger partial charge < -0.3 is 9.72 Å². The second kappa shape index (κ2) is 5.97. The van der Waals surface area contributed by atoms with E-state index in [2.05, 4.69) is 25.7 Å². The number of aromatic amines is 1. The SMILES string of the molecule is O=C(CCOCC(F)(F)F)c1c[nH]c2cccc(Br)c12. The molecule has 1 aromatic heterocycles. The van der Waals surface area contributed by atoms with Gasteiger partial charge in [0.05, 0.1) is 6.61 Å². The van der Waals surface area contributed by atoms with Crippen LogP contribution in [-0.4, -0.2) is 30.2 Å². The number of ether oxygens (including phenoxy) is 1. The molecule has 0 amide bonds. The van der Waals surface area contributed by atoms with Crippen LogP contribution in [0.25, 0.3) is 10.9 Å². The molecule has 0 saturated carbocycles. The lowest BCUT2D eigenvalue weighted by Crippen LogP contribution is -2.18. The molecule has 0 atom stereocenters. The Morgan fingerprint density at radius 3 is 2.80 bits per heavy atom. The summed E-state index contributed by atoms with van der Waals surface area (Å²) in [7, 11) is 0. The molecule has 0 radical (unpaired) electrons. The topological polar surface area (TPSA) is 42.1 Å². The van der Waals surface area contributed by atoms with E-state index in [1.165, 1.54) is 0 Å². The molecule has 0 aliphatic carbocycles. The summed E-state index contributed by atoms with van der Waals surface area (Å²) in [6, 6.07) is 5.44. The predicted octanol–water partition coefficient (Wildman–Crippen LogP) is 4.08. The van der Waals surface area contributed by atoms with Crippen LogP contribution in [0.1, 0.15) is 16.8 Å². The molecule has 0 bridgehead atoms. The standard InChI is InChI=1S/C13H11BrF3NO2/c14-9-2-1-3-10-12(9)8(6-18-10)11(19)4-5-20-7-13(15,16)17/h1-3,6,18H,4-5,7H2. The summed E-state index contributed by atoms with van der Waals surface area (Å²) in [6.45, 7) is -1.59. The number of Topliss-reactive ketones (excluding diaryl/α,β-unsaturated/α-hetero) is 1. The zero-order chi connectivity index (χ0) is 14.8. The van der Waals surface area contributed by atoms with Crippen LogP contribution >= 0.6 is 15.9 Å². The summed E-state index contributed by atoms with van der Waals surface area (Å²) in [6.07, 6.45) is -2.90. The predicted molar refractivity (Wildman–Crippen MR) is 71.8 cm³/mol. The number of halogens is 4. The highest BCUT2D eigenvalue weighted by atomic mass is 79.9. The van der Waals surface area contributed by atoms with Crippen LogP contribution in [-0.2, 0) is 4.74 Å². The number of carbonyl (C=O) groups excluding carboxylic acids is 1. The van der Waals surface area contributed by atoms with E-state index in [9.17, 15) is 18.0 Å². The Balaban J connectivity index is 2.02. The second-order valence-electron chi connectivity index (χ2n) is 4.21. The lowest BCUT2D eigenvalue weighted by molar-refractivity contribution is -0.173. The lowest BCUT2D eigenvalue weighted by Gasteiger charge is -2.07. The fourth-order valence-electron chi connectivity index (χ4n) is 1.85. The van der Waals surface area contributed by atoms with Gasteiger partial charge in [-0.1, -0.05) is 22.0 Å². The van der Waals surface area contributed by atoms with Gasteiger partial charge in [-0.3, -0.25) is 4.79 Å². The van der Waals surface area contributed by atoms with Gasteiger partial charge in [-0.05, 0) is 12.1 Å². The zero-order valence-electron chi connectivity index (χ0n) is 10.3. The molecule has 0 unspecified atom stereocenters. The summed E-state index contributed by atoms with van der Waals surface area (Å²) in [5.41, 5.74) is 1.24. The van der Waals surface area contributed by atoms with Crippen molar-refractivity contribution >= 4 is 32.6 Å². The largest absolute Gasteiger partial charge is 0.411 e. The molecular formula is C13H11BrF3NO2. The molecule has 108 valence electrons. The first kappa shape index (κ1) is 15.1. The van der Waals surface area contributed by atoms with Crippen LogP contribution in [0.3, 0.4) is 0 Å². The van der Waals surface area contributed by atoms with Crippen LogP contribution in [0, 0.1) is 0 Å². The maximum Gasteiger partial charge on any atom is 0.411 e. The van der Waals surface area contributed by atoms with E-state index < -0.39 is 12.8 Å². The van der Waals surface area contributed by atoms with Crippen molar-refractivity contribution < 1.29 is 22.7 Å². The number of hydrogen-bond donors (Lipinski definition) is 1. The van der Waals surface area contributed by atoms with Gasteiger partial charge in [0.15, 0.2) is 5.78 Å². The third kappa shape index (κ3) is 3.61. The number of nitrogens with one attached hydrogen (secondary N) is 1. The van der Waals surface area contributed by atoms with Crippen LogP contribution in [0.15, 0.2) is 28.9 Å². The number of alkyl halides is 3. The maximum absolute atomic E-state index is 12.0. The van der Waals surface area contributed by atoms with Crippen molar-refractivity contribution in [3.8, 4) is 0 Å². The monoisotopic (exact) mass is 349 g/mol. The van der Waals surface area contributed by atoms with Crippen LogP contribution in [0.4, 0.5) is 13.2 Å². The number of carbonyl (C=O) groups is 1. The number of benzene rings is 1. The molecule has 7 heteroatoms. The van der Waals surface area contributed by atoms with Gasteiger partial charge in [-0.15, -0.1) is 0 Å². The van der Waals surface area contributed by atoms with Crippen molar-refractivity contribution in [3.05, 3.63) is 34.4 Å². The number of ketones is 1. The van der Waals surface area contributed by atoms with Crippen molar-refractivity contribution in [1.82, 2.24) is 4.98 Å². The molecule has 2 aromatic rings. The molecule has 0 aliphatic rings. The van der Waals surface area contributed by atoms with E-state index in [1.807, 2.05) is 12.1 Å². The molecular weight excluding hydrogens is 339 g/mol. The van der Waals surface area contributed by atoms with Crippen molar-refractivity contribution in [2.24, 2.45) is 0 Å². The average molecular weight is 350 g/mol. The molecule has 0 aliphatic heterocycles. The number of aromatic nitrogens is 1. The zero-order valence-corrected chi connectivity index (χ0v) is 11.8. The van der Waals surface area contributed by atoms with Crippen molar-refractivity contribution in [3.63, 3.8) is 0 Å². The minimum absolute atomic E-state index is 0.0929. The quantitative estimate of drug-likeness (QED) is 0.652. The van der Waals surface area contributed by atoms with Gasteiger partial charge >= 0.3 is 6.18 Å². The molecule has 0 fully saturated rings. The van der Waals surface area contributed by atoms with Gasteiger partial charge in [0.2, 0.25) is 0 Å². The Hall–Kier alpha value is -1.34. The number of fused-ring (bicyclic) bond motifs is 1. The van der Waals surface area contributed by atoms with Crippen LogP contribution in [0.5, 0.6) is 0 Å². The highest BCUT2D eigenvalue weighted by Crippen LogP contribution is 2.27. The number of rotatable bonds is 5. The number of hydrogen-bond acceptors (Lipinski definition) is 2. The van der Waals surface area contributed by atoms with Crippen molar-refractivity contribution in [1.29, 1.82) is 0 Å². The summed E-state index contributed by atoms with van der Waals surface area (Å²) in [5, 5.41) is 0.730. The van der Waals surface area contributed by atoms with E-state index in [4.69, 9.17) is 0 Å². The third-order valence-electron chi connectivity index (χ3n) is 2.69. The Morgan fingerprint density at radius 2 is 2.10 bits per heavy atom. The van der Waals surface area contributed by atoms with Gasteiger partial charge in [-0.25, -0.2) is 0 Å². The highest BCUT2D eigenvalue weighted by Gasteiger charge is 2.27. The molecule has 0 saturated heterocycles. The van der Waals surface area contributed by atoms with Crippen molar-refractivity contribution in [2.45, 2.75) is 12.6 Å². The first-order valence-electron chi connectivity index (χ1n) is 5.82. The molecule has 0 spiro atoms. The minimum atomic E-state index is -4.37. The molecule has 20 heavy (non-hydrogen) atoms. The second-order valence-corrected chi connectivity index (χ2v) is 5.06. The van der Waals surface area contributed by atoms with Gasteiger partial charge in [0, 0.05) is 33.6 Å². The molecule has 3 nitrogen and oxygen atoms in total. The van der Waals surface area contributed by atoms with Gasteiger partial charge in [0.1, 0.15) is 6.61 Å². The molecule has 1 heterocycles. The summed E-state index contributed by atoms with van der Waals surface area (Å²) in [4.78, 5) is 14.9. The molecule has 2 rings (SSSR count). The molecule has 1 aromatic carbocycles. The fraction of sp³-hybridized carbons (Fsp3) is 0.308. The first-order chi connectivity index (χ1) is 9.38. The third-order valence-corrected chi connectivity index (χ3v) is 3.36. The minimum Gasteiger partial charge on any atom is -0.372 e. The fourth-order valence-corrected chi connectivity index (χ4v) is 2.43. The Morgan fingerprint density at radius 1 is 1.35 bits per heavy atom. The van der Waals surface area contributed by atoms with E-state index in [0.29, 0.717) is 5.56 Å². The number of H-pyrrole nitrogens is 1. The van der Waals surface area contributed by atoms with Gasteiger partial charge in [0.25, 0.3) is 0 Å². The van der Waals surface area contributed by atoms with E-state index >= 15 is 0 Å². The Kier molecular flexibility index (Phi) is 4.49. The lowest BCUT2D eigenvalue weighted by atomic mass is 10.1. The van der Waals surface area contributed by atoms with E-state index in [-0.39, 0.29) is 18.8 Å². The van der Waals surface area contributed by atoms with Crippen molar-refractivity contribution in [2.75, 3.05) is 13.2 Å². The van der Waals surface area contributed by atoms with Crippen LogP contribution in [0.2, 0.25) is 0 Å². The van der Waals surface area contributed by atoms with E-state index in [1.54, 1.807) is 12.3 Å². The summed E-state index contributed by atoms with van der Waals surface area (Å²) >= 11 is 3.35. The normalized spacial score (nSPS) is 12.0. The summed E-state index contributed by atoms with van der Waals surface area (Å²) < 4.78 is 40.9. The summed E-state index contributed by atoms with van der Waals surface area (Å²) in [5.74, 6) is -0.259. The Labute approximate surface area is 121 Å². The van der Waals surface area contributed by atoms with E-state index in [0.717, 1.165) is 15.4 Å². The first-order valence-corrected chi connectivity index (χ1v) is 6.61. The maximum atomic E-state index is 12.0. The average Bonchev–Trinajstić information content (AvgIpc) is 2.78. The Bertz CT molecular complexity index is 622. The van der Waals surface area contributed by atoms with Gasteiger partial charge in [-0.2, -0.15) is 13.2 Å². The smallest absolute Gasteiger partial charge is 0.372 e.